The summed E-state index contributed by atoms with van der Waals surface area (Å²) in [6.07, 6.45) is -0.0997. The second-order valence-corrected chi connectivity index (χ2v) is 5.19. The smallest absolute Gasteiger partial charge is 0.407 e. The molecule has 0 spiro atoms. The van der Waals surface area contributed by atoms with Gasteiger partial charge in [-0.2, -0.15) is 0 Å². The monoisotopic (exact) mass is 268 g/mol. The number of aromatic amines is 1. The molecule has 0 aliphatic rings. The highest BCUT2D eigenvalue weighted by Crippen LogP contribution is 2.06. The number of amides is 1. The number of ether oxygens (including phenoxy) is 1. The lowest BCUT2D eigenvalue weighted by Crippen LogP contribution is -2.34. The highest BCUT2D eigenvalue weighted by molar-refractivity contribution is 5.67. The van der Waals surface area contributed by atoms with E-state index in [0.29, 0.717) is 24.5 Å². The number of aryl methyl sites for hydroxylation is 1. The fourth-order valence-electron chi connectivity index (χ4n) is 1.37. The van der Waals surface area contributed by atoms with E-state index in [1.54, 1.807) is 27.7 Å². The third kappa shape index (κ3) is 4.99. The van der Waals surface area contributed by atoms with E-state index in [-0.39, 0.29) is 11.2 Å². The molecule has 0 saturated heterocycles. The maximum Gasteiger partial charge on any atom is 0.407 e. The van der Waals surface area contributed by atoms with Crippen LogP contribution in [0, 0.1) is 6.92 Å². The van der Waals surface area contributed by atoms with Gasteiger partial charge in [-0.25, -0.2) is 9.78 Å². The number of nitrogen functional groups attached to an aromatic ring is 1. The maximum absolute atomic E-state index is 11.4. The quantitative estimate of drug-likeness (QED) is 0.748. The van der Waals surface area contributed by atoms with Gasteiger partial charge in [-0.05, 0) is 27.7 Å². The van der Waals surface area contributed by atoms with Crippen LogP contribution in [0.4, 0.5) is 10.5 Å². The number of hydrogen-bond acceptors (Lipinski definition) is 5. The minimum atomic E-state index is -0.533. The van der Waals surface area contributed by atoms with Crippen LogP contribution in [-0.4, -0.2) is 28.2 Å². The highest BCUT2D eigenvalue weighted by atomic mass is 16.6. The summed E-state index contributed by atoms with van der Waals surface area (Å²) in [6, 6.07) is 0. The molecule has 0 aliphatic heterocycles. The van der Waals surface area contributed by atoms with Crippen LogP contribution in [-0.2, 0) is 11.2 Å². The van der Waals surface area contributed by atoms with E-state index in [2.05, 4.69) is 15.3 Å². The Morgan fingerprint density at radius 1 is 1.47 bits per heavy atom. The molecule has 106 valence electrons. The normalized spacial score (nSPS) is 11.2. The van der Waals surface area contributed by atoms with Crippen LogP contribution < -0.4 is 16.6 Å². The van der Waals surface area contributed by atoms with Crippen molar-refractivity contribution >= 4 is 11.8 Å². The molecule has 0 atom stereocenters. The molecule has 1 amide bonds. The van der Waals surface area contributed by atoms with Crippen molar-refractivity contribution in [2.24, 2.45) is 0 Å². The third-order valence-electron chi connectivity index (χ3n) is 2.22. The van der Waals surface area contributed by atoms with Crippen molar-refractivity contribution < 1.29 is 9.53 Å². The molecule has 1 aromatic rings. The largest absolute Gasteiger partial charge is 0.444 e. The van der Waals surface area contributed by atoms with E-state index in [0.717, 1.165) is 0 Å². The Morgan fingerprint density at radius 3 is 2.63 bits per heavy atom. The summed E-state index contributed by atoms with van der Waals surface area (Å²) >= 11 is 0. The first kappa shape index (κ1) is 15.0. The first-order valence-corrected chi connectivity index (χ1v) is 6.01. The molecule has 1 rings (SSSR count). The number of nitrogens with two attached hydrogens (primary N) is 1. The molecule has 4 N–H and O–H groups in total. The molecule has 1 heterocycles. The molecule has 0 radical (unpaired) electrons. The van der Waals surface area contributed by atoms with Crippen molar-refractivity contribution in [1.29, 1.82) is 0 Å². The van der Waals surface area contributed by atoms with Crippen LogP contribution in [0.1, 0.15) is 32.3 Å². The molecular formula is C12H20N4O3. The number of anilines is 1. The number of rotatable bonds is 3. The third-order valence-corrected chi connectivity index (χ3v) is 2.22. The Morgan fingerprint density at radius 2 is 2.11 bits per heavy atom. The predicted octanol–water partition coefficient (Wildman–Crippen LogP) is 0.728. The second-order valence-electron chi connectivity index (χ2n) is 5.19. The standard InChI is InChI=1S/C12H20N4O3/c1-7-9(13)10(17)16-8(15-7)5-6-14-11(18)19-12(2,3)4/h5-6,13H2,1-4H3,(H,14,18)(H,15,16,17). The highest BCUT2D eigenvalue weighted by Gasteiger charge is 2.15. The number of H-pyrrole nitrogens is 1. The average Bonchev–Trinajstić information content (AvgIpc) is 2.23. The molecule has 19 heavy (non-hydrogen) atoms. The molecular weight excluding hydrogens is 248 g/mol. The minimum Gasteiger partial charge on any atom is -0.444 e. The molecule has 7 heteroatoms. The summed E-state index contributed by atoms with van der Waals surface area (Å²) in [6.45, 7) is 7.34. The molecule has 7 nitrogen and oxygen atoms in total. The van der Waals surface area contributed by atoms with Gasteiger partial charge in [-0.3, -0.25) is 4.79 Å². The van der Waals surface area contributed by atoms with Crippen molar-refractivity contribution in [1.82, 2.24) is 15.3 Å². The zero-order valence-corrected chi connectivity index (χ0v) is 11.7. The Hall–Kier alpha value is -2.05. The molecule has 0 aliphatic carbocycles. The Balaban J connectivity index is 2.50. The molecule has 0 fully saturated rings. The molecule has 1 aromatic heterocycles. The summed E-state index contributed by atoms with van der Waals surface area (Å²) in [7, 11) is 0. The van der Waals surface area contributed by atoms with Crippen LogP contribution in [0.3, 0.4) is 0 Å². The Bertz CT molecular complexity index is 517. The summed E-state index contributed by atoms with van der Waals surface area (Å²) < 4.78 is 5.08. The lowest BCUT2D eigenvalue weighted by molar-refractivity contribution is 0.0528. The zero-order chi connectivity index (χ0) is 14.6. The summed E-state index contributed by atoms with van der Waals surface area (Å²) in [4.78, 5) is 29.5. The van der Waals surface area contributed by atoms with E-state index in [4.69, 9.17) is 10.5 Å². The Labute approximate surface area is 111 Å². The fourth-order valence-corrected chi connectivity index (χ4v) is 1.37. The number of nitrogens with one attached hydrogen (secondary N) is 2. The lowest BCUT2D eigenvalue weighted by atomic mass is 10.2. The van der Waals surface area contributed by atoms with Gasteiger partial charge in [-0.15, -0.1) is 0 Å². The lowest BCUT2D eigenvalue weighted by Gasteiger charge is -2.19. The van der Waals surface area contributed by atoms with Crippen molar-refractivity contribution in [3.63, 3.8) is 0 Å². The van der Waals surface area contributed by atoms with Crippen LogP contribution in [0.15, 0.2) is 4.79 Å². The van der Waals surface area contributed by atoms with Gasteiger partial charge in [0.15, 0.2) is 0 Å². The van der Waals surface area contributed by atoms with Gasteiger partial charge < -0.3 is 20.8 Å². The minimum absolute atomic E-state index is 0.115. The first-order chi connectivity index (χ1) is 8.69. The van der Waals surface area contributed by atoms with Gasteiger partial charge in [0.2, 0.25) is 0 Å². The summed E-state index contributed by atoms with van der Waals surface area (Å²) in [5, 5.41) is 2.59. The van der Waals surface area contributed by atoms with Crippen molar-refractivity contribution in [3.8, 4) is 0 Å². The van der Waals surface area contributed by atoms with Crippen LogP contribution in [0.25, 0.3) is 0 Å². The van der Waals surface area contributed by atoms with Crippen molar-refractivity contribution in [2.45, 2.75) is 39.7 Å². The van der Waals surface area contributed by atoms with Gasteiger partial charge in [0, 0.05) is 13.0 Å². The number of alkyl carbamates (subject to hydrolysis) is 1. The summed E-state index contributed by atoms with van der Waals surface area (Å²) in [5.74, 6) is 0.479. The molecule has 0 aromatic carbocycles. The Kier molecular flexibility index (Phi) is 4.52. The topological polar surface area (TPSA) is 110 Å². The fraction of sp³-hybridized carbons (Fsp3) is 0.583. The van der Waals surface area contributed by atoms with Crippen LogP contribution >= 0.6 is 0 Å². The van der Waals surface area contributed by atoms with Gasteiger partial charge in [-0.1, -0.05) is 0 Å². The van der Waals surface area contributed by atoms with E-state index in [1.165, 1.54) is 0 Å². The van der Waals surface area contributed by atoms with Crippen LogP contribution in [0.2, 0.25) is 0 Å². The maximum atomic E-state index is 11.4. The van der Waals surface area contributed by atoms with Gasteiger partial charge in [0.25, 0.3) is 5.56 Å². The summed E-state index contributed by atoms with van der Waals surface area (Å²) in [5.41, 5.74) is 5.20. The molecule has 0 unspecified atom stereocenters. The average molecular weight is 268 g/mol. The van der Waals surface area contributed by atoms with E-state index in [9.17, 15) is 9.59 Å². The number of hydrogen-bond donors (Lipinski definition) is 3. The molecule has 0 saturated carbocycles. The number of aromatic nitrogens is 2. The number of carbonyl (C=O) groups excluding carboxylic acids is 1. The van der Waals surface area contributed by atoms with Gasteiger partial charge in [0.1, 0.15) is 17.1 Å². The van der Waals surface area contributed by atoms with E-state index >= 15 is 0 Å². The van der Waals surface area contributed by atoms with Crippen molar-refractivity contribution in [2.75, 3.05) is 12.3 Å². The van der Waals surface area contributed by atoms with E-state index < -0.39 is 11.7 Å². The number of carbonyl (C=O) groups is 1. The van der Waals surface area contributed by atoms with Gasteiger partial charge in [0.05, 0.1) is 5.69 Å². The van der Waals surface area contributed by atoms with Crippen molar-refractivity contribution in [3.05, 3.63) is 21.9 Å². The van der Waals surface area contributed by atoms with Gasteiger partial charge >= 0.3 is 6.09 Å². The zero-order valence-electron chi connectivity index (χ0n) is 11.7. The predicted molar refractivity (Wildman–Crippen MR) is 71.9 cm³/mol. The van der Waals surface area contributed by atoms with E-state index in [1.807, 2.05) is 0 Å². The molecule has 0 bridgehead atoms. The number of nitrogens with zero attached hydrogens (tertiary/aromatic N) is 1. The SMILES string of the molecule is Cc1nc(CCNC(=O)OC(C)(C)C)[nH]c(=O)c1N. The first-order valence-electron chi connectivity index (χ1n) is 6.01. The second kappa shape index (κ2) is 5.73. The van der Waals surface area contributed by atoms with Crippen LogP contribution in [0.5, 0.6) is 0 Å².